The molecule has 2 aromatic carbocycles. The van der Waals surface area contributed by atoms with E-state index in [0.717, 1.165) is 19.5 Å². The molecule has 0 amide bonds. The highest BCUT2D eigenvalue weighted by Crippen LogP contribution is 2.32. The molecule has 0 unspecified atom stereocenters. The maximum Gasteiger partial charge on any atom is 0.123 e. The smallest absolute Gasteiger partial charge is 0.123 e. The minimum absolute atomic E-state index is 0.167. The molecule has 3 rings (SSSR count). The van der Waals surface area contributed by atoms with E-state index in [1.54, 1.807) is 12.1 Å². The lowest BCUT2D eigenvalue weighted by molar-refractivity contribution is 0.274. The summed E-state index contributed by atoms with van der Waals surface area (Å²) < 4.78 is 12.9. The first-order chi connectivity index (χ1) is 8.78. The molecule has 0 radical (unpaired) electrons. The van der Waals surface area contributed by atoms with Crippen LogP contribution in [0.1, 0.15) is 11.1 Å². The zero-order chi connectivity index (χ0) is 12.4. The van der Waals surface area contributed by atoms with Gasteiger partial charge in [0.05, 0.1) is 0 Å². The molecule has 1 aliphatic rings. The van der Waals surface area contributed by atoms with Crippen LogP contribution in [0.25, 0.3) is 0 Å². The molecule has 0 aromatic heterocycles. The molecule has 0 bridgehead atoms. The van der Waals surface area contributed by atoms with E-state index in [2.05, 4.69) is 29.6 Å². The van der Waals surface area contributed by atoms with Gasteiger partial charge >= 0.3 is 0 Å². The van der Waals surface area contributed by atoms with Crippen LogP contribution in [0.5, 0.6) is 0 Å². The summed E-state index contributed by atoms with van der Waals surface area (Å²) in [5, 5.41) is 3.36. The zero-order valence-electron chi connectivity index (χ0n) is 10.2. The van der Waals surface area contributed by atoms with Crippen LogP contribution in [0.2, 0.25) is 0 Å². The number of halogens is 1. The summed E-state index contributed by atoms with van der Waals surface area (Å²) in [7, 11) is 0. The number of nitrogens with one attached hydrogen (secondary N) is 1. The SMILES string of the molecule is Fc1ccc(CC2(c3ccccc3)CNC2)cc1. The molecule has 92 valence electrons. The molecule has 2 heteroatoms. The molecular weight excluding hydrogens is 225 g/mol. The van der Waals surface area contributed by atoms with Gasteiger partial charge < -0.3 is 5.32 Å². The molecule has 18 heavy (non-hydrogen) atoms. The van der Waals surface area contributed by atoms with Crippen LogP contribution in [0.4, 0.5) is 4.39 Å². The fourth-order valence-corrected chi connectivity index (χ4v) is 2.64. The topological polar surface area (TPSA) is 12.0 Å². The van der Waals surface area contributed by atoms with E-state index in [9.17, 15) is 4.39 Å². The molecule has 1 aliphatic heterocycles. The Kier molecular flexibility index (Phi) is 2.88. The molecule has 0 atom stereocenters. The lowest BCUT2D eigenvalue weighted by Crippen LogP contribution is -2.58. The van der Waals surface area contributed by atoms with Crippen LogP contribution in [0, 0.1) is 5.82 Å². The van der Waals surface area contributed by atoms with Gasteiger partial charge in [0.1, 0.15) is 5.82 Å². The third kappa shape index (κ3) is 2.04. The van der Waals surface area contributed by atoms with Crippen molar-refractivity contribution in [2.75, 3.05) is 13.1 Å². The van der Waals surface area contributed by atoms with Crippen LogP contribution < -0.4 is 5.32 Å². The van der Waals surface area contributed by atoms with Crippen molar-refractivity contribution in [2.45, 2.75) is 11.8 Å². The molecule has 1 nitrogen and oxygen atoms in total. The van der Waals surface area contributed by atoms with E-state index >= 15 is 0 Å². The van der Waals surface area contributed by atoms with Gasteiger partial charge in [-0.15, -0.1) is 0 Å². The molecule has 1 fully saturated rings. The van der Waals surface area contributed by atoms with E-state index in [1.165, 1.54) is 11.1 Å². The van der Waals surface area contributed by atoms with E-state index < -0.39 is 0 Å². The van der Waals surface area contributed by atoms with Gasteiger partial charge in [-0.1, -0.05) is 42.5 Å². The first-order valence-electron chi connectivity index (χ1n) is 6.29. The monoisotopic (exact) mass is 241 g/mol. The fraction of sp³-hybridized carbons (Fsp3) is 0.250. The van der Waals surface area contributed by atoms with Gasteiger partial charge in [-0.3, -0.25) is 0 Å². The Balaban J connectivity index is 1.87. The van der Waals surface area contributed by atoms with Crippen molar-refractivity contribution >= 4 is 0 Å². The van der Waals surface area contributed by atoms with Crippen molar-refractivity contribution in [1.82, 2.24) is 5.32 Å². The van der Waals surface area contributed by atoms with Crippen LogP contribution in [0.3, 0.4) is 0 Å². The number of hydrogen-bond donors (Lipinski definition) is 1. The Morgan fingerprint density at radius 3 is 2.17 bits per heavy atom. The summed E-state index contributed by atoms with van der Waals surface area (Å²) in [5.41, 5.74) is 2.74. The van der Waals surface area contributed by atoms with Crippen LogP contribution in [-0.4, -0.2) is 13.1 Å². The first kappa shape index (κ1) is 11.4. The molecular formula is C16H16FN. The minimum Gasteiger partial charge on any atom is -0.315 e. The Bertz CT molecular complexity index is 515. The lowest BCUT2D eigenvalue weighted by Gasteiger charge is -2.43. The largest absolute Gasteiger partial charge is 0.315 e. The van der Waals surface area contributed by atoms with Crippen LogP contribution in [-0.2, 0) is 11.8 Å². The second kappa shape index (κ2) is 4.54. The van der Waals surface area contributed by atoms with Gasteiger partial charge in [-0.2, -0.15) is 0 Å². The van der Waals surface area contributed by atoms with Crippen LogP contribution in [0.15, 0.2) is 54.6 Å². The molecule has 0 aliphatic carbocycles. The van der Waals surface area contributed by atoms with Crippen molar-refractivity contribution in [3.05, 3.63) is 71.5 Å². The summed E-state index contributed by atoms with van der Waals surface area (Å²) in [6.07, 6.45) is 0.963. The highest BCUT2D eigenvalue weighted by Gasteiger charge is 2.38. The summed E-state index contributed by atoms with van der Waals surface area (Å²) in [6.45, 7) is 1.99. The van der Waals surface area contributed by atoms with Crippen molar-refractivity contribution in [2.24, 2.45) is 0 Å². The van der Waals surface area contributed by atoms with E-state index in [4.69, 9.17) is 0 Å². The lowest BCUT2D eigenvalue weighted by atomic mass is 9.71. The predicted molar refractivity (Wildman–Crippen MR) is 71.1 cm³/mol. The van der Waals surface area contributed by atoms with Gasteiger partial charge in [0.15, 0.2) is 0 Å². The second-order valence-corrected chi connectivity index (χ2v) is 5.05. The average Bonchev–Trinajstić information content (AvgIpc) is 2.37. The molecule has 1 heterocycles. The fourth-order valence-electron chi connectivity index (χ4n) is 2.64. The maximum absolute atomic E-state index is 12.9. The summed E-state index contributed by atoms with van der Waals surface area (Å²) in [6, 6.07) is 17.4. The Morgan fingerprint density at radius 1 is 0.944 bits per heavy atom. The van der Waals surface area contributed by atoms with Crippen molar-refractivity contribution < 1.29 is 4.39 Å². The van der Waals surface area contributed by atoms with Gasteiger partial charge in [-0.25, -0.2) is 4.39 Å². The standard InChI is InChI=1S/C16H16FN/c17-15-8-6-13(7-9-15)10-16(11-18-12-16)14-4-2-1-3-5-14/h1-9,18H,10-12H2. The summed E-state index contributed by atoms with van der Waals surface area (Å²) in [4.78, 5) is 0. The molecule has 1 N–H and O–H groups in total. The third-order valence-electron chi connectivity index (χ3n) is 3.77. The Morgan fingerprint density at radius 2 is 1.61 bits per heavy atom. The third-order valence-corrected chi connectivity index (χ3v) is 3.77. The number of rotatable bonds is 3. The highest BCUT2D eigenvalue weighted by atomic mass is 19.1. The van der Waals surface area contributed by atoms with Crippen molar-refractivity contribution in [1.29, 1.82) is 0 Å². The average molecular weight is 241 g/mol. The second-order valence-electron chi connectivity index (χ2n) is 5.05. The molecule has 1 saturated heterocycles. The number of benzene rings is 2. The van der Waals surface area contributed by atoms with Gasteiger partial charge in [0, 0.05) is 18.5 Å². The Labute approximate surface area is 107 Å². The number of hydrogen-bond acceptors (Lipinski definition) is 1. The quantitative estimate of drug-likeness (QED) is 0.871. The summed E-state index contributed by atoms with van der Waals surface area (Å²) in [5.74, 6) is -0.167. The zero-order valence-corrected chi connectivity index (χ0v) is 10.2. The van der Waals surface area contributed by atoms with Gasteiger partial charge in [-0.05, 0) is 29.7 Å². The maximum atomic E-state index is 12.9. The Hall–Kier alpha value is -1.67. The normalized spacial score (nSPS) is 17.2. The van der Waals surface area contributed by atoms with Gasteiger partial charge in [0.25, 0.3) is 0 Å². The van der Waals surface area contributed by atoms with Crippen molar-refractivity contribution in [3.63, 3.8) is 0 Å². The van der Waals surface area contributed by atoms with E-state index in [-0.39, 0.29) is 11.2 Å². The molecule has 0 spiro atoms. The minimum atomic E-state index is -0.167. The highest BCUT2D eigenvalue weighted by molar-refractivity contribution is 5.33. The first-order valence-corrected chi connectivity index (χ1v) is 6.29. The molecule has 2 aromatic rings. The van der Waals surface area contributed by atoms with Crippen molar-refractivity contribution in [3.8, 4) is 0 Å². The molecule has 0 saturated carbocycles. The predicted octanol–water partition coefficient (Wildman–Crippen LogP) is 2.91. The van der Waals surface area contributed by atoms with Crippen LogP contribution >= 0.6 is 0 Å². The van der Waals surface area contributed by atoms with Gasteiger partial charge in [0.2, 0.25) is 0 Å². The van der Waals surface area contributed by atoms with E-state index in [1.807, 2.05) is 18.2 Å². The van der Waals surface area contributed by atoms with E-state index in [0.29, 0.717) is 0 Å². The summed E-state index contributed by atoms with van der Waals surface area (Å²) >= 11 is 0.